The Morgan fingerprint density at radius 1 is 1.04 bits per heavy atom. The van der Waals surface area contributed by atoms with Crippen LogP contribution in [0.2, 0.25) is 0 Å². The zero-order valence-corrected chi connectivity index (χ0v) is 16.4. The molecule has 0 aliphatic carbocycles. The van der Waals surface area contributed by atoms with Crippen LogP contribution >= 0.6 is 11.3 Å². The molecule has 0 saturated carbocycles. The summed E-state index contributed by atoms with van der Waals surface area (Å²) in [5.74, 6) is 0.100. The average molecular weight is 385 g/mol. The van der Waals surface area contributed by atoms with Crippen molar-refractivity contribution in [3.63, 3.8) is 0 Å². The molecule has 2 fully saturated rings. The monoisotopic (exact) mass is 384 g/mol. The summed E-state index contributed by atoms with van der Waals surface area (Å²) in [5.41, 5.74) is 3.96. The van der Waals surface area contributed by atoms with E-state index in [-0.39, 0.29) is 17.2 Å². The summed E-state index contributed by atoms with van der Waals surface area (Å²) in [6.45, 7) is 4.98. The second kappa shape index (κ2) is 7.38. The first kappa shape index (κ1) is 18.1. The van der Waals surface area contributed by atoms with Gasteiger partial charge in [0.25, 0.3) is 11.8 Å². The molecule has 27 heavy (non-hydrogen) atoms. The fourth-order valence-corrected chi connectivity index (χ4v) is 4.76. The van der Waals surface area contributed by atoms with E-state index in [0.717, 1.165) is 57.6 Å². The molecule has 0 unspecified atom stereocenters. The second-order valence-electron chi connectivity index (χ2n) is 7.68. The molecule has 2 aromatic rings. The van der Waals surface area contributed by atoms with Gasteiger partial charge in [-0.1, -0.05) is 0 Å². The van der Waals surface area contributed by atoms with Crippen LogP contribution in [0.4, 0.5) is 0 Å². The Labute approximate surface area is 163 Å². The van der Waals surface area contributed by atoms with E-state index in [1.54, 1.807) is 11.7 Å². The zero-order valence-electron chi connectivity index (χ0n) is 15.6. The summed E-state index contributed by atoms with van der Waals surface area (Å²) in [7, 11) is 0. The number of rotatable bonds is 2. The van der Waals surface area contributed by atoms with Crippen LogP contribution in [-0.4, -0.2) is 57.8 Å². The van der Waals surface area contributed by atoms with Crippen molar-refractivity contribution < 1.29 is 9.59 Å². The van der Waals surface area contributed by atoms with Crippen molar-refractivity contribution in [2.75, 3.05) is 26.2 Å². The molecule has 2 aliphatic rings. The van der Waals surface area contributed by atoms with Gasteiger partial charge in [-0.05, 0) is 50.2 Å². The molecule has 142 valence electrons. The first-order valence-corrected chi connectivity index (χ1v) is 10.4. The molecular weight excluding hydrogens is 360 g/mol. The average Bonchev–Trinajstić information content (AvgIpc) is 3.23. The van der Waals surface area contributed by atoms with Crippen molar-refractivity contribution in [3.8, 4) is 0 Å². The number of hydrogen-bond acceptors (Lipinski definition) is 5. The Bertz CT molecular complexity index is 811. The second-order valence-corrected chi connectivity index (χ2v) is 8.40. The summed E-state index contributed by atoms with van der Waals surface area (Å²) in [6.07, 6.45) is 5.70. The van der Waals surface area contributed by atoms with Crippen molar-refractivity contribution in [2.45, 2.75) is 32.6 Å². The predicted molar refractivity (Wildman–Crippen MR) is 104 cm³/mol. The first-order valence-electron chi connectivity index (χ1n) is 9.46. The molecule has 1 spiro atoms. The topological polar surface area (TPSA) is 66.4 Å². The summed E-state index contributed by atoms with van der Waals surface area (Å²) < 4.78 is 0. The number of thiazole rings is 1. The maximum absolute atomic E-state index is 12.7. The van der Waals surface area contributed by atoms with Crippen LogP contribution in [0, 0.1) is 12.3 Å². The molecule has 0 N–H and O–H groups in total. The summed E-state index contributed by atoms with van der Waals surface area (Å²) in [5, 5.41) is 1.82. The summed E-state index contributed by atoms with van der Waals surface area (Å²) in [6, 6.07) is 3.73. The molecule has 0 aromatic carbocycles. The van der Waals surface area contributed by atoms with Gasteiger partial charge in [-0.25, -0.2) is 4.98 Å². The Kier molecular flexibility index (Phi) is 4.95. The molecule has 4 rings (SSSR count). The maximum Gasteiger partial charge on any atom is 0.273 e. The fraction of sp³-hybridized carbons (Fsp3) is 0.500. The van der Waals surface area contributed by atoms with Gasteiger partial charge in [0.15, 0.2) is 0 Å². The Morgan fingerprint density at radius 3 is 2.52 bits per heavy atom. The van der Waals surface area contributed by atoms with E-state index in [4.69, 9.17) is 0 Å². The lowest BCUT2D eigenvalue weighted by Crippen LogP contribution is -2.52. The van der Waals surface area contributed by atoms with E-state index in [2.05, 4.69) is 9.97 Å². The molecule has 2 amide bonds. The normalized spacial score (nSPS) is 19.3. The van der Waals surface area contributed by atoms with Gasteiger partial charge in [0.2, 0.25) is 0 Å². The highest BCUT2D eigenvalue weighted by molar-refractivity contribution is 7.07. The number of piperidine rings is 2. The van der Waals surface area contributed by atoms with Crippen molar-refractivity contribution in [1.82, 2.24) is 19.8 Å². The lowest BCUT2D eigenvalue weighted by Gasteiger charge is -2.47. The summed E-state index contributed by atoms with van der Waals surface area (Å²) >= 11 is 1.45. The molecule has 2 aromatic heterocycles. The van der Waals surface area contributed by atoms with Crippen molar-refractivity contribution in [2.24, 2.45) is 5.41 Å². The van der Waals surface area contributed by atoms with Gasteiger partial charge < -0.3 is 9.80 Å². The lowest BCUT2D eigenvalue weighted by atomic mass is 9.72. The molecule has 2 aliphatic heterocycles. The molecule has 4 heterocycles. The molecule has 0 atom stereocenters. The largest absolute Gasteiger partial charge is 0.339 e. The van der Waals surface area contributed by atoms with Gasteiger partial charge in [-0.15, -0.1) is 11.3 Å². The third kappa shape index (κ3) is 3.74. The van der Waals surface area contributed by atoms with Crippen molar-refractivity contribution >= 4 is 23.2 Å². The number of carbonyl (C=O) groups is 2. The molecule has 0 bridgehead atoms. The first-order chi connectivity index (χ1) is 13.1. The number of aryl methyl sites for hydroxylation is 1. The smallest absolute Gasteiger partial charge is 0.273 e. The predicted octanol–water partition coefficient (Wildman–Crippen LogP) is 3.01. The van der Waals surface area contributed by atoms with Crippen LogP contribution in [0.5, 0.6) is 0 Å². The summed E-state index contributed by atoms with van der Waals surface area (Å²) in [4.78, 5) is 37.7. The zero-order chi connectivity index (χ0) is 18.9. The van der Waals surface area contributed by atoms with Gasteiger partial charge in [0, 0.05) is 43.4 Å². The number of aromatic nitrogens is 2. The highest BCUT2D eigenvalue weighted by atomic mass is 32.1. The molecule has 2 saturated heterocycles. The van der Waals surface area contributed by atoms with Crippen molar-refractivity contribution in [3.05, 3.63) is 46.2 Å². The number of likely N-dealkylation sites (tertiary alicyclic amines) is 2. The van der Waals surface area contributed by atoms with Crippen LogP contribution in [-0.2, 0) is 0 Å². The Morgan fingerprint density at radius 2 is 1.85 bits per heavy atom. The SMILES string of the molecule is Cc1ccc(C(=O)N2CCC3(CCCN(C(=O)c4cscn4)C3)CC2)cn1. The number of pyridine rings is 1. The van der Waals surface area contributed by atoms with E-state index in [0.29, 0.717) is 11.3 Å². The molecular formula is C20H24N4O2S. The van der Waals surface area contributed by atoms with Crippen LogP contribution in [0.25, 0.3) is 0 Å². The van der Waals surface area contributed by atoms with E-state index in [1.165, 1.54) is 11.3 Å². The number of nitrogens with zero attached hydrogens (tertiary/aromatic N) is 4. The van der Waals surface area contributed by atoms with E-state index in [9.17, 15) is 9.59 Å². The van der Waals surface area contributed by atoms with Crippen molar-refractivity contribution in [1.29, 1.82) is 0 Å². The van der Waals surface area contributed by atoms with Gasteiger partial charge in [0.05, 0.1) is 11.1 Å². The standard InChI is InChI=1S/C20H24N4O2S/c1-15-3-4-16(11-21-15)18(25)23-9-6-20(7-10-23)5-2-8-24(13-20)19(26)17-12-27-14-22-17/h3-4,11-12,14H,2,5-10,13H2,1H3. The number of hydrogen-bond donors (Lipinski definition) is 0. The van der Waals surface area contributed by atoms with Crippen LogP contribution in [0.3, 0.4) is 0 Å². The fourth-order valence-electron chi connectivity index (χ4n) is 4.23. The maximum atomic E-state index is 12.7. The van der Waals surface area contributed by atoms with Gasteiger partial charge in [0.1, 0.15) is 5.69 Å². The molecule has 0 radical (unpaired) electrons. The quantitative estimate of drug-likeness (QED) is 0.798. The van der Waals surface area contributed by atoms with Crippen LogP contribution in [0.15, 0.2) is 29.2 Å². The van der Waals surface area contributed by atoms with Gasteiger partial charge in [-0.3, -0.25) is 14.6 Å². The lowest BCUT2D eigenvalue weighted by molar-refractivity contribution is 0.0199. The highest BCUT2D eigenvalue weighted by Gasteiger charge is 2.41. The van der Waals surface area contributed by atoms with Crippen LogP contribution < -0.4 is 0 Å². The minimum Gasteiger partial charge on any atom is -0.339 e. The van der Waals surface area contributed by atoms with E-state index in [1.807, 2.05) is 34.2 Å². The number of amides is 2. The van der Waals surface area contributed by atoms with E-state index < -0.39 is 0 Å². The van der Waals surface area contributed by atoms with Gasteiger partial charge >= 0.3 is 0 Å². The third-order valence-electron chi connectivity index (χ3n) is 5.87. The van der Waals surface area contributed by atoms with Crippen LogP contribution in [0.1, 0.15) is 52.2 Å². The highest BCUT2D eigenvalue weighted by Crippen LogP contribution is 2.40. The Hall–Kier alpha value is -2.28. The molecule has 6 nitrogen and oxygen atoms in total. The number of carbonyl (C=O) groups excluding carboxylic acids is 2. The van der Waals surface area contributed by atoms with E-state index >= 15 is 0 Å². The minimum atomic E-state index is 0.0413. The third-order valence-corrected chi connectivity index (χ3v) is 6.46. The Balaban J connectivity index is 1.39. The molecule has 7 heteroatoms. The van der Waals surface area contributed by atoms with Gasteiger partial charge in [-0.2, -0.15) is 0 Å². The minimum absolute atomic E-state index is 0.0413.